The second-order valence-corrected chi connectivity index (χ2v) is 7.10. The summed E-state index contributed by atoms with van der Waals surface area (Å²) in [6, 6.07) is 13.0. The van der Waals surface area contributed by atoms with Crippen molar-refractivity contribution in [2.24, 2.45) is 0 Å². The molecular formula is C21H25N5O4. The van der Waals surface area contributed by atoms with Gasteiger partial charge in [0.05, 0.1) is 18.3 Å². The van der Waals surface area contributed by atoms with Crippen LogP contribution in [-0.4, -0.2) is 51.2 Å². The minimum Gasteiger partial charge on any atom is -0.410 e. The molecule has 0 aliphatic heterocycles. The summed E-state index contributed by atoms with van der Waals surface area (Å²) in [6.07, 6.45) is -1.47. The number of nitrogens with one attached hydrogen (secondary N) is 1. The van der Waals surface area contributed by atoms with Gasteiger partial charge < -0.3 is 19.9 Å². The first-order valence-electron chi connectivity index (χ1n) is 9.53. The first-order valence-corrected chi connectivity index (χ1v) is 9.53. The number of hydrogen-bond donors (Lipinski definition) is 2. The van der Waals surface area contributed by atoms with E-state index in [9.17, 15) is 9.90 Å². The molecule has 0 radical (unpaired) electrons. The number of amides is 1. The van der Waals surface area contributed by atoms with Crippen LogP contribution < -0.4 is 10.1 Å². The molecule has 2 atom stereocenters. The molecule has 2 aromatic carbocycles. The van der Waals surface area contributed by atoms with Gasteiger partial charge in [0.2, 0.25) is 0 Å². The van der Waals surface area contributed by atoms with Crippen LogP contribution in [0.4, 0.5) is 4.79 Å². The Morgan fingerprint density at radius 1 is 1.17 bits per heavy atom. The zero-order valence-corrected chi connectivity index (χ0v) is 17.4. The predicted octanol–water partition coefficient (Wildman–Crippen LogP) is 2.81. The Kier molecular flexibility index (Phi) is 6.76. The van der Waals surface area contributed by atoms with Crippen molar-refractivity contribution < 1.29 is 19.4 Å². The topological polar surface area (TPSA) is 111 Å². The minimum atomic E-state index is -0.870. The molecule has 1 amide bonds. The first-order chi connectivity index (χ1) is 14.4. The zero-order valence-electron chi connectivity index (χ0n) is 17.4. The van der Waals surface area contributed by atoms with E-state index >= 15 is 0 Å². The lowest BCUT2D eigenvalue weighted by molar-refractivity contribution is 0.159. The van der Waals surface area contributed by atoms with Crippen molar-refractivity contribution in [1.82, 2.24) is 25.5 Å². The van der Waals surface area contributed by atoms with Crippen LogP contribution >= 0.6 is 0 Å². The molecule has 158 valence electrons. The van der Waals surface area contributed by atoms with E-state index in [1.165, 1.54) is 4.68 Å². The molecule has 0 fully saturated rings. The summed E-state index contributed by atoms with van der Waals surface area (Å²) in [6.45, 7) is 5.77. The molecule has 0 saturated heterocycles. The molecule has 9 nitrogen and oxygen atoms in total. The van der Waals surface area contributed by atoms with Crippen LogP contribution in [0.25, 0.3) is 16.8 Å². The second kappa shape index (κ2) is 9.47. The number of carbonyl (C=O) groups excluding carboxylic acids is 1. The Morgan fingerprint density at radius 3 is 2.57 bits per heavy atom. The number of tetrazole rings is 1. The fourth-order valence-corrected chi connectivity index (χ4v) is 2.95. The third-order valence-corrected chi connectivity index (χ3v) is 4.38. The molecule has 0 saturated carbocycles. The minimum absolute atomic E-state index is 0.205. The molecule has 2 N–H and O–H groups in total. The summed E-state index contributed by atoms with van der Waals surface area (Å²) in [7, 11) is 1.56. The molecule has 0 aliphatic rings. The average Bonchev–Trinajstić information content (AvgIpc) is 3.18. The highest BCUT2D eigenvalue weighted by Gasteiger charge is 2.17. The van der Waals surface area contributed by atoms with Gasteiger partial charge in [-0.05, 0) is 54.5 Å². The van der Waals surface area contributed by atoms with E-state index in [2.05, 4.69) is 20.8 Å². The second-order valence-electron chi connectivity index (χ2n) is 7.10. The van der Waals surface area contributed by atoms with Gasteiger partial charge in [-0.25, -0.2) is 4.79 Å². The molecule has 0 aliphatic carbocycles. The molecule has 0 bridgehead atoms. The number of aliphatic hydroxyl groups excluding tert-OH is 1. The first kappa shape index (κ1) is 21.4. The van der Waals surface area contributed by atoms with Gasteiger partial charge in [0, 0.05) is 13.2 Å². The van der Waals surface area contributed by atoms with E-state index in [-0.39, 0.29) is 11.9 Å². The van der Waals surface area contributed by atoms with Crippen molar-refractivity contribution >= 4 is 6.09 Å². The maximum Gasteiger partial charge on any atom is 0.412 e. The Hall–Kier alpha value is -3.30. The molecule has 1 unspecified atom stereocenters. The molecule has 0 spiro atoms. The number of benzene rings is 2. The van der Waals surface area contributed by atoms with Crippen LogP contribution in [0.3, 0.4) is 0 Å². The van der Waals surface area contributed by atoms with Crippen LogP contribution in [0.15, 0.2) is 42.5 Å². The Labute approximate surface area is 174 Å². The van der Waals surface area contributed by atoms with Gasteiger partial charge in [-0.1, -0.05) is 29.8 Å². The lowest BCUT2D eigenvalue weighted by Gasteiger charge is -2.15. The molecule has 30 heavy (non-hydrogen) atoms. The number of methoxy groups -OCH3 is 1. The van der Waals surface area contributed by atoms with Gasteiger partial charge in [-0.2, -0.15) is 4.68 Å². The highest BCUT2D eigenvalue weighted by molar-refractivity contribution is 5.74. The van der Waals surface area contributed by atoms with Gasteiger partial charge >= 0.3 is 6.09 Å². The summed E-state index contributed by atoms with van der Waals surface area (Å²) < 4.78 is 11.9. The number of carbonyl (C=O) groups is 1. The maximum atomic E-state index is 12.3. The van der Waals surface area contributed by atoms with Gasteiger partial charge in [0.1, 0.15) is 11.9 Å². The number of rotatable bonds is 7. The lowest BCUT2D eigenvalue weighted by atomic mass is 10.0. The quantitative estimate of drug-likeness (QED) is 0.615. The molecule has 9 heteroatoms. The van der Waals surface area contributed by atoms with Crippen LogP contribution in [-0.2, 0) is 4.74 Å². The fourth-order valence-electron chi connectivity index (χ4n) is 2.95. The summed E-state index contributed by atoms with van der Waals surface area (Å²) in [5.74, 6) is 0.595. The number of ether oxygens (including phenoxy) is 2. The third-order valence-electron chi connectivity index (χ3n) is 4.38. The number of aliphatic hydroxyl groups is 1. The Balaban J connectivity index is 1.99. The van der Waals surface area contributed by atoms with E-state index in [4.69, 9.17) is 9.47 Å². The smallest absolute Gasteiger partial charge is 0.410 e. The van der Waals surface area contributed by atoms with E-state index in [0.29, 0.717) is 18.0 Å². The number of hydrogen-bond acceptors (Lipinski definition) is 7. The summed E-state index contributed by atoms with van der Waals surface area (Å²) >= 11 is 0. The van der Waals surface area contributed by atoms with Gasteiger partial charge in [0.15, 0.2) is 5.82 Å². The van der Waals surface area contributed by atoms with Crippen molar-refractivity contribution in [2.75, 3.05) is 13.7 Å². The molecule has 3 rings (SSSR count). The van der Waals surface area contributed by atoms with E-state index in [1.807, 2.05) is 44.2 Å². The van der Waals surface area contributed by atoms with Crippen molar-refractivity contribution in [3.63, 3.8) is 0 Å². The Bertz CT molecular complexity index is 1000. The normalized spacial score (nSPS) is 13.0. The van der Waals surface area contributed by atoms with Crippen molar-refractivity contribution in [3.8, 4) is 22.6 Å². The van der Waals surface area contributed by atoms with Crippen LogP contribution in [0.1, 0.15) is 31.3 Å². The van der Waals surface area contributed by atoms with Gasteiger partial charge in [-0.3, -0.25) is 0 Å². The third kappa shape index (κ3) is 5.19. The summed E-state index contributed by atoms with van der Waals surface area (Å²) in [5, 5.41) is 24.2. The predicted molar refractivity (Wildman–Crippen MR) is 110 cm³/mol. The monoisotopic (exact) mass is 411 g/mol. The van der Waals surface area contributed by atoms with Crippen LogP contribution in [0.2, 0.25) is 0 Å². The largest absolute Gasteiger partial charge is 0.412 e. The highest BCUT2D eigenvalue weighted by atomic mass is 16.6. The molecule has 3 aromatic rings. The number of aromatic nitrogens is 4. The number of aryl methyl sites for hydroxylation is 1. The number of nitrogens with zero attached hydrogens (tertiary/aromatic N) is 4. The van der Waals surface area contributed by atoms with Gasteiger partial charge in [-0.15, -0.1) is 5.10 Å². The standard InChI is InChI=1S/C21H25N5O4/c1-13-5-7-16(8-6-13)17-9-18(26-20(15(3)27)23-24-25-26)11-19(10-17)30-21(28)22-14(2)12-29-4/h5-11,14-15,27H,12H2,1-4H3,(H,22,28)/t14-,15?/m1/s1. The van der Waals surface area contributed by atoms with Crippen molar-refractivity contribution in [2.45, 2.75) is 32.9 Å². The van der Waals surface area contributed by atoms with Gasteiger partial charge in [0.25, 0.3) is 0 Å². The van der Waals surface area contributed by atoms with E-state index < -0.39 is 12.2 Å². The van der Waals surface area contributed by atoms with Crippen LogP contribution in [0, 0.1) is 6.92 Å². The molecule has 1 aromatic heterocycles. The molecular weight excluding hydrogens is 386 g/mol. The summed E-state index contributed by atoms with van der Waals surface area (Å²) in [4.78, 5) is 12.3. The average molecular weight is 411 g/mol. The fraction of sp³-hybridized carbons (Fsp3) is 0.333. The maximum absolute atomic E-state index is 12.3. The van der Waals surface area contributed by atoms with Crippen molar-refractivity contribution in [1.29, 1.82) is 0 Å². The summed E-state index contributed by atoms with van der Waals surface area (Å²) in [5.41, 5.74) is 3.44. The van der Waals surface area contributed by atoms with Crippen LogP contribution in [0.5, 0.6) is 5.75 Å². The van der Waals surface area contributed by atoms with E-state index in [0.717, 1.165) is 16.7 Å². The Morgan fingerprint density at radius 2 is 1.90 bits per heavy atom. The highest BCUT2D eigenvalue weighted by Crippen LogP contribution is 2.29. The van der Waals surface area contributed by atoms with E-state index in [1.54, 1.807) is 26.2 Å². The SMILES string of the molecule is COC[C@@H](C)NC(=O)Oc1cc(-c2ccc(C)cc2)cc(-n2nnnc2C(C)O)c1. The lowest BCUT2D eigenvalue weighted by Crippen LogP contribution is -2.37. The van der Waals surface area contributed by atoms with Crippen molar-refractivity contribution in [3.05, 3.63) is 53.9 Å². The zero-order chi connectivity index (χ0) is 21.7. The molecule has 1 heterocycles.